The molecule has 0 radical (unpaired) electrons. The van der Waals surface area contributed by atoms with Crippen molar-refractivity contribution in [1.82, 2.24) is 4.90 Å². The van der Waals surface area contributed by atoms with Crippen molar-refractivity contribution < 1.29 is 17.9 Å². The SMILES string of the molecule is COc1ccc(S(=O)(=O)N(C)c2ccc(N3CCCC3)cc2)cc1C(=O)N1CCCCCC1. The largest absolute Gasteiger partial charge is 0.496 e. The maximum atomic E-state index is 13.4. The quantitative estimate of drug-likeness (QED) is 0.633. The molecule has 1 amide bonds. The number of sulfonamides is 1. The van der Waals surface area contributed by atoms with Gasteiger partial charge in [0, 0.05) is 38.9 Å². The topological polar surface area (TPSA) is 70.2 Å². The fourth-order valence-corrected chi connectivity index (χ4v) is 5.83. The zero-order valence-electron chi connectivity index (χ0n) is 19.5. The summed E-state index contributed by atoms with van der Waals surface area (Å²) in [6.07, 6.45) is 6.51. The van der Waals surface area contributed by atoms with Crippen molar-refractivity contribution in [3.63, 3.8) is 0 Å². The number of methoxy groups -OCH3 is 1. The van der Waals surface area contributed by atoms with Gasteiger partial charge in [-0.1, -0.05) is 12.8 Å². The summed E-state index contributed by atoms with van der Waals surface area (Å²) < 4.78 is 33.5. The van der Waals surface area contributed by atoms with Crippen LogP contribution in [0.5, 0.6) is 5.75 Å². The summed E-state index contributed by atoms with van der Waals surface area (Å²) in [5, 5.41) is 0. The maximum Gasteiger partial charge on any atom is 0.264 e. The van der Waals surface area contributed by atoms with E-state index in [4.69, 9.17) is 4.74 Å². The number of carbonyl (C=O) groups excluding carboxylic acids is 1. The van der Waals surface area contributed by atoms with E-state index in [0.29, 0.717) is 30.1 Å². The first kappa shape index (κ1) is 23.4. The van der Waals surface area contributed by atoms with Crippen molar-refractivity contribution in [2.24, 2.45) is 0 Å². The predicted molar refractivity (Wildman–Crippen MR) is 131 cm³/mol. The van der Waals surface area contributed by atoms with Gasteiger partial charge in [0.25, 0.3) is 15.9 Å². The van der Waals surface area contributed by atoms with Crippen LogP contribution < -0.4 is 13.9 Å². The monoisotopic (exact) mass is 471 g/mol. The van der Waals surface area contributed by atoms with E-state index < -0.39 is 10.0 Å². The van der Waals surface area contributed by atoms with E-state index in [9.17, 15) is 13.2 Å². The molecule has 4 rings (SSSR count). The van der Waals surface area contributed by atoms with E-state index in [0.717, 1.165) is 44.5 Å². The Labute approximate surface area is 197 Å². The summed E-state index contributed by atoms with van der Waals surface area (Å²) in [5.41, 5.74) is 1.98. The Kier molecular flexibility index (Phi) is 7.12. The van der Waals surface area contributed by atoms with Gasteiger partial charge in [0.2, 0.25) is 0 Å². The molecule has 2 aromatic rings. The molecule has 2 aliphatic heterocycles. The van der Waals surface area contributed by atoms with Gasteiger partial charge in [0.15, 0.2) is 0 Å². The van der Waals surface area contributed by atoms with E-state index >= 15 is 0 Å². The highest BCUT2D eigenvalue weighted by atomic mass is 32.2. The lowest BCUT2D eigenvalue weighted by molar-refractivity contribution is 0.0758. The first-order valence-corrected chi connectivity index (χ1v) is 13.2. The summed E-state index contributed by atoms with van der Waals surface area (Å²) in [6.45, 7) is 3.44. The minimum atomic E-state index is -3.85. The number of nitrogens with zero attached hydrogens (tertiary/aromatic N) is 3. The van der Waals surface area contributed by atoms with Crippen LogP contribution >= 0.6 is 0 Å². The molecule has 7 nitrogen and oxygen atoms in total. The second-order valence-corrected chi connectivity index (χ2v) is 10.7. The molecule has 8 heteroatoms. The molecule has 0 N–H and O–H groups in total. The van der Waals surface area contributed by atoms with Crippen molar-refractivity contribution in [3.05, 3.63) is 48.0 Å². The highest BCUT2D eigenvalue weighted by molar-refractivity contribution is 7.92. The van der Waals surface area contributed by atoms with Gasteiger partial charge in [-0.25, -0.2) is 8.42 Å². The molecule has 0 unspecified atom stereocenters. The molecule has 2 fully saturated rings. The van der Waals surface area contributed by atoms with Gasteiger partial charge in [-0.3, -0.25) is 9.10 Å². The van der Waals surface area contributed by atoms with E-state index in [1.165, 1.54) is 36.4 Å². The Hall–Kier alpha value is -2.74. The molecule has 2 heterocycles. The Morgan fingerprint density at radius 1 is 0.879 bits per heavy atom. The number of benzene rings is 2. The molecule has 0 aliphatic carbocycles. The molecule has 2 aliphatic rings. The first-order valence-electron chi connectivity index (χ1n) is 11.7. The molecule has 0 bridgehead atoms. The Morgan fingerprint density at radius 2 is 1.48 bits per heavy atom. The number of carbonyl (C=O) groups is 1. The van der Waals surface area contributed by atoms with Crippen LogP contribution in [-0.2, 0) is 10.0 Å². The summed E-state index contributed by atoms with van der Waals surface area (Å²) in [7, 11) is -0.810. The van der Waals surface area contributed by atoms with Crippen LogP contribution in [-0.4, -0.2) is 59.6 Å². The van der Waals surface area contributed by atoms with Crippen molar-refractivity contribution in [1.29, 1.82) is 0 Å². The zero-order valence-corrected chi connectivity index (χ0v) is 20.3. The van der Waals surface area contributed by atoms with Crippen LogP contribution in [0.2, 0.25) is 0 Å². The Balaban J connectivity index is 1.60. The van der Waals surface area contributed by atoms with Crippen LogP contribution in [0.4, 0.5) is 11.4 Å². The number of rotatable bonds is 6. The van der Waals surface area contributed by atoms with E-state index in [1.54, 1.807) is 13.1 Å². The summed E-state index contributed by atoms with van der Waals surface area (Å²) >= 11 is 0. The number of anilines is 2. The van der Waals surface area contributed by atoms with Gasteiger partial charge < -0.3 is 14.5 Å². The molecule has 33 heavy (non-hydrogen) atoms. The smallest absolute Gasteiger partial charge is 0.264 e. The van der Waals surface area contributed by atoms with Crippen LogP contribution in [0, 0.1) is 0 Å². The third-order valence-electron chi connectivity index (χ3n) is 6.64. The average molecular weight is 472 g/mol. The van der Waals surface area contributed by atoms with Crippen molar-refractivity contribution >= 4 is 27.3 Å². The number of hydrogen-bond acceptors (Lipinski definition) is 5. The Bertz CT molecular complexity index is 1070. The van der Waals surface area contributed by atoms with Crippen LogP contribution in [0.15, 0.2) is 47.4 Å². The molecule has 2 saturated heterocycles. The highest BCUT2D eigenvalue weighted by Crippen LogP contribution is 2.30. The van der Waals surface area contributed by atoms with Crippen LogP contribution in [0.25, 0.3) is 0 Å². The summed E-state index contributed by atoms with van der Waals surface area (Å²) in [6, 6.07) is 12.1. The number of ether oxygens (including phenoxy) is 1. The molecule has 178 valence electrons. The lowest BCUT2D eigenvalue weighted by Crippen LogP contribution is -2.32. The number of hydrogen-bond donors (Lipinski definition) is 0. The zero-order chi connectivity index (χ0) is 23.4. The van der Waals surface area contributed by atoms with Gasteiger partial charge in [0.1, 0.15) is 5.75 Å². The maximum absolute atomic E-state index is 13.4. The molecule has 0 atom stereocenters. The fraction of sp³-hybridized carbons (Fsp3) is 0.480. The molecular weight excluding hydrogens is 438 g/mol. The molecule has 0 saturated carbocycles. The molecule has 0 spiro atoms. The second-order valence-electron chi connectivity index (χ2n) is 8.75. The van der Waals surface area contributed by atoms with Crippen LogP contribution in [0.3, 0.4) is 0 Å². The van der Waals surface area contributed by atoms with Gasteiger partial charge in [0.05, 0.1) is 23.3 Å². The van der Waals surface area contributed by atoms with Gasteiger partial charge in [-0.05, 0) is 68.1 Å². The summed E-state index contributed by atoms with van der Waals surface area (Å²) in [5.74, 6) is 0.212. The van der Waals surface area contributed by atoms with Crippen molar-refractivity contribution in [2.45, 2.75) is 43.4 Å². The molecule has 0 aromatic heterocycles. The van der Waals surface area contributed by atoms with E-state index in [2.05, 4.69) is 4.90 Å². The molecule has 2 aromatic carbocycles. The third-order valence-corrected chi connectivity index (χ3v) is 8.42. The van der Waals surface area contributed by atoms with Gasteiger partial charge in [-0.2, -0.15) is 0 Å². The lowest BCUT2D eigenvalue weighted by Gasteiger charge is -2.24. The standard InChI is InChI=1S/C25H33N3O4S/c1-26(20-9-11-21(12-10-20)27-15-7-8-16-27)33(30,31)22-13-14-24(32-2)23(19-22)25(29)28-17-5-3-4-6-18-28/h9-14,19H,3-8,15-18H2,1-2H3. The minimum Gasteiger partial charge on any atom is -0.496 e. The predicted octanol–water partition coefficient (Wildman–Crippen LogP) is 4.14. The lowest BCUT2D eigenvalue weighted by atomic mass is 10.1. The van der Waals surface area contributed by atoms with Gasteiger partial charge in [-0.15, -0.1) is 0 Å². The molecular formula is C25H33N3O4S. The van der Waals surface area contributed by atoms with E-state index in [1.807, 2.05) is 29.2 Å². The van der Waals surface area contributed by atoms with Crippen molar-refractivity contribution in [2.75, 3.05) is 49.5 Å². The van der Waals surface area contributed by atoms with E-state index in [-0.39, 0.29) is 10.8 Å². The summed E-state index contributed by atoms with van der Waals surface area (Å²) in [4.78, 5) is 17.4. The number of amides is 1. The van der Waals surface area contributed by atoms with Crippen molar-refractivity contribution in [3.8, 4) is 5.75 Å². The highest BCUT2D eigenvalue weighted by Gasteiger charge is 2.27. The normalized spacial score (nSPS) is 17.0. The van der Waals surface area contributed by atoms with Gasteiger partial charge >= 0.3 is 0 Å². The minimum absolute atomic E-state index is 0.0765. The first-order chi connectivity index (χ1) is 15.9. The average Bonchev–Trinajstić information content (AvgIpc) is 3.25. The van der Waals surface area contributed by atoms with Crippen LogP contribution in [0.1, 0.15) is 48.9 Å². The number of likely N-dealkylation sites (tertiary alicyclic amines) is 1. The Morgan fingerprint density at radius 3 is 2.09 bits per heavy atom. The second kappa shape index (κ2) is 10.0. The fourth-order valence-electron chi connectivity index (χ4n) is 4.60. The third kappa shape index (κ3) is 4.95.